The van der Waals surface area contributed by atoms with E-state index in [9.17, 15) is 14.0 Å². The first kappa shape index (κ1) is 18.3. The lowest BCUT2D eigenvalue weighted by Crippen LogP contribution is -2.29. The number of cyclic esters (lactones) is 1. The summed E-state index contributed by atoms with van der Waals surface area (Å²) in [6, 6.07) is 13.0. The minimum absolute atomic E-state index is 0.0284. The number of halogens is 1. The highest BCUT2D eigenvalue weighted by molar-refractivity contribution is 5.89. The Balaban J connectivity index is 1.44. The zero-order chi connectivity index (χ0) is 19.1. The van der Waals surface area contributed by atoms with Crippen LogP contribution in [0.1, 0.15) is 5.56 Å². The number of amides is 2. The smallest absolute Gasteiger partial charge is 0.414 e. The highest BCUT2D eigenvalue weighted by Crippen LogP contribution is 2.18. The summed E-state index contributed by atoms with van der Waals surface area (Å²) in [6.07, 6.45) is -0.353. The molecule has 0 unspecified atom stereocenters. The van der Waals surface area contributed by atoms with E-state index in [1.54, 1.807) is 41.3 Å². The summed E-state index contributed by atoms with van der Waals surface area (Å²) in [5, 5.41) is 2.58. The van der Waals surface area contributed by atoms with Crippen LogP contribution in [0.25, 0.3) is 0 Å². The van der Waals surface area contributed by atoms with Gasteiger partial charge in [0.15, 0.2) is 18.2 Å². The predicted octanol–water partition coefficient (Wildman–Crippen LogP) is 2.33. The van der Waals surface area contributed by atoms with Gasteiger partial charge in [-0.25, -0.2) is 9.18 Å². The second-order valence-corrected chi connectivity index (χ2v) is 5.61. The van der Waals surface area contributed by atoms with Gasteiger partial charge in [0, 0.05) is 11.3 Å². The van der Waals surface area contributed by atoms with Crippen LogP contribution >= 0.6 is 0 Å². The molecule has 1 aliphatic heterocycles. The SMILES string of the molecule is O=C(COc1ccccc1F)NCC#Cc1ccc(N2CCOC2=O)cc1. The van der Waals surface area contributed by atoms with Gasteiger partial charge in [-0.2, -0.15) is 0 Å². The van der Waals surface area contributed by atoms with E-state index in [-0.39, 0.29) is 25.0 Å². The number of carbonyl (C=O) groups excluding carboxylic acids is 2. The molecular weight excluding hydrogens is 351 g/mol. The molecule has 27 heavy (non-hydrogen) atoms. The lowest BCUT2D eigenvalue weighted by molar-refractivity contribution is -0.122. The molecule has 2 aromatic rings. The van der Waals surface area contributed by atoms with Gasteiger partial charge < -0.3 is 14.8 Å². The van der Waals surface area contributed by atoms with Crippen molar-refractivity contribution < 1.29 is 23.5 Å². The van der Waals surface area contributed by atoms with Gasteiger partial charge in [0.25, 0.3) is 5.91 Å². The summed E-state index contributed by atoms with van der Waals surface area (Å²) in [4.78, 5) is 24.7. The van der Waals surface area contributed by atoms with Gasteiger partial charge in [-0.05, 0) is 36.4 Å². The van der Waals surface area contributed by atoms with Crippen molar-refractivity contribution in [3.05, 3.63) is 59.9 Å². The Morgan fingerprint density at radius 2 is 2.00 bits per heavy atom. The summed E-state index contributed by atoms with van der Waals surface area (Å²) in [5.74, 6) is 4.85. The summed E-state index contributed by atoms with van der Waals surface area (Å²) < 4.78 is 23.4. The number of nitrogens with one attached hydrogen (secondary N) is 1. The van der Waals surface area contributed by atoms with Crippen LogP contribution in [-0.4, -0.2) is 38.3 Å². The third-order valence-corrected chi connectivity index (χ3v) is 3.74. The van der Waals surface area contributed by atoms with E-state index in [1.807, 2.05) is 0 Å². The molecule has 2 aromatic carbocycles. The van der Waals surface area contributed by atoms with Gasteiger partial charge in [0.2, 0.25) is 0 Å². The van der Waals surface area contributed by atoms with E-state index < -0.39 is 11.7 Å². The van der Waals surface area contributed by atoms with E-state index in [1.165, 1.54) is 12.1 Å². The maximum atomic E-state index is 13.4. The van der Waals surface area contributed by atoms with Crippen LogP contribution in [-0.2, 0) is 9.53 Å². The zero-order valence-corrected chi connectivity index (χ0v) is 14.4. The number of anilines is 1. The van der Waals surface area contributed by atoms with Crippen molar-refractivity contribution in [1.82, 2.24) is 5.32 Å². The normalized spacial score (nSPS) is 12.8. The molecule has 1 saturated heterocycles. The predicted molar refractivity (Wildman–Crippen MR) is 96.9 cm³/mol. The van der Waals surface area contributed by atoms with Gasteiger partial charge in [-0.1, -0.05) is 24.0 Å². The molecule has 0 aromatic heterocycles. The van der Waals surface area contributed by atoms with E-state index in [4.69, 9.17) is 9.47 Å². The van der Waals surface area contributed by atoms with Crippen molar-refractivity contribution in [1.29, 1.82) is 0 Å². The third kappa shape index (κ3) is 4.98. The Morgan fingerprint density at radius 3 is 2.70 bits per heavy atom. The monoisotopic (exact) mass is 368 g/mol. The second kappa shape index (κ2) is 8.72. The summed E-state index contributed by atoms with van der Waals surface area (Å²) >= 11 is 0. The van der Waals surface area contributed by atoms with Gasteiger partial charge in [-0.3, -0.25) is 9.69 Å². The number of benzene rings is 2. The molecule has 0 spiro atoms. The second-order valence-electron chi connectivity index (χ2n) is 5.61. The Kier molecular flexibility index (Phi) is 5.90. The standard InChI is InChI=1S/C20H17FN2O4/c21-17-5-1-2-6-18(17)27-14-19(24)22-11-3-4-15-7-9-16(10-8-15)23-12-13-26-20(23)25/h1-2,5-10H,11-14H2,(H,22,24). The largest absolute Gasteiger partial charge is 0.481 e. The number of rotatable bonds is 5. The molecule has 2 amide bonds. The Hall–Kier alpha value is -3.53. The van der Waals surface area contributed by atoms with Crippen LogP contribution in [0.2, 0.25) is 0 Å². The molecule has 1 heterocycles. The third-order valence-electron chi connectivity index (χ3n) is 3.74. The average molecular weight is 368 g/mol. The van der Waals surface area contributed by atoms with Gasteiger partial charge in [0.05, 0.1) is 13.1 Å². The molecule has 1 aliphatic rings. The lowest BCUT2D eigenvalue weighted by atomic mass is 10.2. The minimum Gasteiger partial charge on any atom is -0.481 e. The first-order valence-corrected chi connectivity index (χ1v) is 8.31. The van der Waals surface area contributed by atoms with Crippen molar-refractivity contribution >= 4 is 17.7 Å². The van der Waals surface area contributed by atoms with Crippen LogP contribution in [0.3, 0.4) is 0 Å². The topological polar surface area (TPSA) is 67.9 Å². The van der Waals surface area contributed by atoms with Crippen LogP contribution in [0.5, 0.6) is 5.75 Å². The highest BCUT2D eigenvalue weighted by Gasteiger charge is 2.23. The van der Waals surface area contributed by atoms with Gasteiger partial charge >= 0.3 is 6.09 Å². The Morgan fingerprint density at radius 1 is 1.22 bits per heavy atom. The molecule has 6 nitrogen and oxygen atoms in total. The number of hydrogen-bond acceptors (Lipinski definition) is 4. The summed E-state index contributed by atoms with van der Waals surface area (Å²) in [6.45, 7) is 0.772. The first-order valence-electron chi connectivity index (χ1n) is 8.31. The number of ether oxygens (including phenoxy) is 2. The van der Waals surface area contributed by atoms with E-state index >= 15 is 0 Å². The van der Waals surface area contributed by atoms with E-state index in [2.05, 4.69) is 17.2 Å². The molecule has 0 atom stereocenters. The van der Waals surface area contributed by atoms with Crippen molar-refractivity contribution in [2.24, 2.45) is 0 Å². The van der Waals surface area contributed by atoms with Crippen molar-refractivity contribution in [2.45, 2.75) is 0 Å². The molecule has 0 aliphatic carbocycles. The van der Waals surface area contributed by atoms with Crippen LogP contribution in [0.4, 0.5) is 14.9 Å². The molecule has 3 rings (SSSR count). The molecular formula is C20H17FN2O4. The average Bonchev–Trinajstić information content (AvgIpc) is 3.11. The molecule has 1 N–H and O–H groups in total. The molecule has 0 bridgehead atoms. The lowest BCUT2D eigenvalue weighted by Gasteiger charge is -2.11. The van der Waals surface area contributed by atoms with Crippen molar-refractivity contribution in [2.75, 3.05) is 31.2 Å². The molecule has 138 valence electrons. The minimum atomic E-state index is -0.518. The van der Waals surface area contributed by atoms with E-state index in [0.29, 0.717) is 13.2 Å². The summed E-state index contributed by atoms with van der Waals surface area (Å²) in [7, 11) is 0. The zero-order valence-electron chi connectivity index (χ0n) is 14.4. The van der Waals surface area contributed by atoms with Crippen LogP contribution in [0, 0.1) is 17.7 Å². The van der Waals surface area contributed by atoms with Gasteiger partial charge in [-0.15, -0.1) is 0 Å². The van der Waals surface area contributed by atoms with Crippen molar-refractivity contribution in [3.8, 4) is 17.6 Å². The summed E-state index contributed by atoms with van der Waals surface area (Å²) in [5.41, 5.74) is 1.50. The number of nitrogens with zero attached hydrogens (tertiary/aromatic N) is 1. The highest BCUT2D eigenvalue weighted by atomic mass is 19.1. The molecule has 0 saturated carbocycles. The maximum absolute atomic E-state index is 13.4. The number of hydrogen-bond donors (Lipinski definition) is 1. The number of para-hydroxylation sites is 1. The van der Waals surface area contributed by atoms with Crippen LogP contribution in [0.15, 0.2) is 48.5 Å². The maximum Gasteiger partial charge on any atom is 0.414 e. The fourth-order valence-electron chi connectivity index (χ4n) is 2.40. The van der Waals surface area contributed by atoms with Gasteiger partial charge in [0.1, 0.15) is 6.61 Å². The van der Waals surface area contributed by atoms with Crippen molar-refractivity contribution in [3.63, 3.8) is 0 Å². The first-order chi connectivity index (χ1) is 13.1. The van der Waals surface area contributed by atoms with E-state index in [0.717, 1.165) is 11.3 Å². The molecule has 1 fully saturated rings. The number of carbonyl (C=O) groups is 2. The Labute approximate surface area is 155 Å². The Bertz CT molecular complexity index is 887. The fourth-order valence-corrected chi connectivity index (χ4v) is 2.40. The molecule has 7 heteroatoms. The quantitative estimate of drug-likeness (QED) is 0.823. The molecule has 0 radical (unpaired) electrons. The van der Waals surface area contributed by atoms with Crippen LogP contribution < -0.4 is 15.0 Å². The fraction of sp³-hybridized carbons (Fsp3) is 0.200.